The molecule has 0 aliphatic rings. The fourth-order valence-electron chi connectivity index (χ4n) is 1.23. The lowest BCUT2D eigenvalue weighted by atomic mass is 10.2. The van der Waals surface area contributed by atoms with Gasteiger partial charge in [-0.2, -0.15) is 0 Å². The predicted octanol–water partition coefficient (Wildman–Crippen LogP) is -0.302. The van der Waals surface area contributed by atoms with Gasteiger partial charge in [-0.1, -0.05) is 0 Å². The molecule has 0 atom stereocenters. The highest BCUT2D eigenvalue weighted by Crippen LogP contribution is 2.22. The van der Waals surface area contributed by atoms with Gasteiger partial charge in [0.25, 0.3) is 5.91 Å². The van der Waals surface area contributed by atoms with Crippen molar-refractivity contribution in [1.29, 1.82) is 0 Å². The summed E-state index contributed by atoms with van der Waals surface area (Å²) in [7, 11) is 2.71. The van der Waals surface area contributed by atoms with E-state index in [0.717, 1.165) is 0 Å². The Hall–Kier alpha value is -2.38. The van der Waals surface area contributed by atoms with Gasteiger partial charge < -0.3 is 19.9 Å². The molecule has 1 rings (SSSR count). The average Bonchev–Trinajstić information content (AvgIpc) is 2.36. The third-order valence-electron chi connectivity index (χ3n) is 2.02. The molecular formula is C10H13N3O5. The monoisotopic (exact) mass is 255 g/mol. The van der Waals surface area contributed by atoms with Crippen molar-refractivity contribution < 1.29 is 24.2 Å². The lowest BCUT2D eigenvalue weighted by molar-refractivity contribution is -0.136. The Kier molecular flexibility index (Phi) is 4.85. The van der Waals surface area contributed by atoms with Crippen LogP contribution in [0.2, 0.25) is 0 Å². The Morgan fingerprint density at radius 1 is 1.28 bits per heavy atom. The van der Waals surface area contributed by atoms with Gasteiger partial charge in [0.15, 0.2) is 5.56 Å². The van der Waals surface area contributed by atoms with Crippen molar-refractivity contribution in [3.8, 4) is 11.8 Å². The zero-order valence-electron chi connectivity index (χ0n) is 9.97. The van der Waals surface area contributed by atoms with Crippen LogP contribution < -0.4 is 14.8 Å². The number of hydrogen-bond acceptors (Lipinski definition) is 6. The van der Waals surface area contributed by atoms with Crippen molar-refractivity contribution in [2.45, 2.75) is 6.42 Å². The molecule has 8 heteroatoms. The summed E-state index contributed by atoms with van der Waals surface area (Å²) in [5.41, 5.74) is 0.0351. The number of amides is 1. The zero-order chi connectivity index (χ0) is 13.5. The van der Waals surface area contributed by atoms with Gasteiger partial charge in [0.2, 0.25) is 11.8 Å². The van der Waals surface area contributed by atoms with Crippen LogP contribution in [0.15, 0.2) is 6.33 Å². The number of nitrogens with one attached hydrogen (secondary N) is 1. The maximum absolute atomic E-state index is 11.8. The second kappa shape index (κ2) is 6.38. The molecule has 2 N–H and O–H groups in total. The number of aromatic nitrogens is 2. The minimum absolute atomic E-state index is 0.00459. The van der Waals surface area contributed by atoms with E-state index in [1.54, 1.807) is 0 Å². The predicted molar refractivity (Wildman–Crippen MR) is 59.7 cm³/mol. The molecule has 0 saturated heterocycles. The van der Waals surface area contributed by atoms with Crippen molar-refractivity contribution in [3.63, 3.8) is 0 Å². The quantitative estimate of drug-likeness (QED) is 0.717. The molecule has 0 unspecified atom stereocenters. The number of methoxy groups -OCH3 is 2. The molecule has 0 radical (unpaired) electrons. The molecule has 0 aromatic carbocycles. The number of carbonyl (C=O) groups excluding carboxylic acids is 1. The van der Waals surface area contributed by atoms with Gasteiger partial charge in [-0.3, -0.25) is 9.59 Å². The van der Waals surface area contributed by atoms with Crippen LogP contribution in [0.1, 0.15) is 16.8 Å². The van der Waals surface area contributed by atoms with Gasteiger partial charge in [-0.15, -0.1) is 0 Å². The number of aliphatic carboxylic acids is 1. The molecular weight excluding hydrogens is 242 g/mol. The van der Waals surface area contributed by atoms with E-state index in [1.807, 2.05) is 0 Å². The Bertz CT molecular complexity index is 427. The third-order valence-corrected chi connectivity index (χ3v) is 2.02. The molecule has 0 aliphatic heterocycles. The van der Waals surface area contributed by atoms with E-state index < -0.39 is 11.9 Å². The van der Waals surface area contributed by atoms with E-state index in [-0.39, 0.29) is 30.3 Å². The summed E-state index contributed by atoms with van der Waals surface area (Å²) >= 11 is 0. The molecule has 0 bridgehead atoms. The van der Waals surface area contributed by atoms with Crippen LogP contribution in [-0.4, -0.2) is 47.7 Å². The summed E-state index contributed by atoms with van der Waals surface area (Å²) in [5, 5.41) is 10.9. The second-order valence-corrected chi connectivity index (χ2v) is 3.17. The fourth-order valence-corrected chi connectivity index (χ4v) is 1.23. The standard InChI is InChI=1S/C10H13N3O5/c1-17-9-7(10(18-2)13-5-12-9)8(16)11-4-3-6(14)15/h5H,3-4H2,1-2H3,(H,11,16)(H,14,15). The maximum Gasteiger partial charge on any atom is 0.305 e. The molecule has 0 aliphatic carbocycles. The van der Waals surface area contributed by atoms with Crippen molar-refractivity contribution in [2.24, 2.45) is 0 Å². The van der Waals surface area contributed by atoms with Crippen LogP contribution in [0.5, 0.6) is 11.8 Å². The fraction of sp³-hybridized carbons (Fsp3) is 0.400. The first kappa shape index (κ1) is 13.7. The van der Waals surface area contributed by atoms with E-state index in [1.165, 1.54) is 20.5 Å². The van der Waals surface area contributed by atoms with Crippen LogP contribution >= 0.6 is 0 Å². The highest BCUT2D eigenvalue weighted by atomic mass is 16.5. The van der Waals surface area contributed by atoms with Crippen molar-refractivity contribution in [3.05, 3.63) is 11.9 Å². The third kappa shape index (κ3) is 3.30. The Morgan fingerprint density at radius 2 is 1.83 bits per heavy atom. The summed E-state index contributed by atoms with van der Waals surface area (Å²) in [6, 6.07) is 0. The number of carbonyl (C=O) groups is 2. The highest BCUT2D eigenvalue weighted by molar-refractivity contribution is 5.98. The number of ether oxygens (including phenoxy) is 2. The van der Waals surface area contributed by atoms with Crippen LogP contribution in [0.4, 0.5) is 0 Å². The number of carboxylic acid groups (broad SMARTS) is 1. The van der Waals surface area contributed by atoms with Crippen LogP contribution in [0.3, 0.4) is 0 Å². The maximum atomic E-state index is 11.8. The number of rotatable bonds is 6. The average molecular weight is 255 g/mol. The minimum Gasteiger partial charge on any atom is -0.481 e. The molecule has 98 valence electrons. The largest absolute Gasteiger partial charge is 0.481 e. The Labute approximate surface area is 103 Å². The molecule has 0 saturated carbocycles. The molecule has 8 nitrogen and oxygen atoms in total. The molecule has 0 fully saturated rings. The smallest absolute Gasteiger partial charge is 0.305 e. The summed E-state index contributed by atoms with van der Waals surface area (Å²) in [5.74, 6) is -1.42. The van der Waals surface area contributed by atoms with Gasteiger partial charge in [-0.05, 0) is 0 Å². The molecule has 0 spiro atoms. The second-order valence-electron chi connectivity index (χ2n) is 3.17. The van der Waals surface area contributed by atoms with Gasteiger partial charge in [-0.25, -0.2) is 9.97 Å². The Morgan fingerprint density at radius 3 is 2.28 bits per heavy atom. The highest BCUT2D eigenvalue weighted by Gasteiger charge is 2.20. The van der Waals surface area contributed by atoms with Gasteiger partial charge in [0.05, 0.1) is 20.6 Å². The van der Waals surface area contributed by atoms with Crippen LogP contribution in [0.25, 0.3) is 0 Å². The minimum atomic E-state index is -1.00. The van der Waals surface area contributed by atoms with Gasteiger partial charge >= 0.3 is 5.97 Å². The molecule has 1 amide bonds. The number of nitrogens with zero attached hydrogens (tertiary/aromatic N) is 2. The summed E-state index contributed by atoms with van der Waals surface area (Å²) in [4.78, 5) is 29.7. The van der Waals surface area contributed by atoms with E-state index in [2.05, 4.69) is 15.3 Å². The first-order valence-electron chi connectivity index (χ1n) is 5.03. The first-order valence-corrected chi connectivity index (χ1v) is 5.03. The van der Waals surface area contributed by atoms with E-state index in [4.69, 9.17) is 14.6 Å². The summed E-state index contributed by atoms with van der Waals surface area (Å²) < 4.78 is 9.86. The zero-order valence-corrected chi connectivity index (χ0v) is 9.97. The van der Waals surface area contributed by atoms with Crippen molar-refractivity contribution in [1.82, 2.24) is 15.3 Å². The molecule has 18 heavy (non-hydrogen) atoms. The Balaban J connectivity index is 2.86. The van der Waals surface area contributed by atoms with Crippen LogP contribution in [-0.2, 0) is 4.79 Å². The van der Waals surface area contributed by atoms with E-state index >= 15 is 0 Å². The summed E-state index contributed by atoms with van der Waals surface area (Å²) in [6.07, 6.45) is 1.02. The van der Waals surface area contributed by atoms with Gasteiger partial charge in [0.1, 0.15) is 6.33 Å². The topological polar surface area (TPSA) is 111 Å². The molecule has 1 heterocycles. The van der Waals surface area contributed by atoms with Crippen molar-refractivity contribution in [2.75, 3.05) is 20.8 Å². The van der Waals surface area contributed by atoms with Crippen LogP contribution in [0, 0.1) is 0 Å². The van der Waals surface area contributed by atoms with E-state index in [9.17, 15) is 9.59 Å². The van der Waals surface area contributed by atoms with Gasteiger partial charge in [0, 0.05) is 6.54 Å². The molecule has 1 aromatic rings. The number of hydrogen-bond donors (Lipinski definition) is 2. The van der Waals surface area contributed by atoms with E-state index in [0.29, 0.717) is 0 Å². The van der Waals surface area contributed by atoms with Crippen molar-refractivity contribution >= 4 is 11.9 Å². The first-order chi connectivity index (χ1) is 8.60. The SMILES string of the molecule is COc1ncnc(OC)c1C(=O)NCCC(=O)O. The lowest BCUT2D eigenvalue weighted by Crippen LogP contribution is -2.27. The molecule has 1 aromatic heterocycles. The lowest BCUT2D eigenvalue weighted by Gasteiger charge is -2.10. The normalized spacial score (nSPS) is 9.67. The number of carboxylic acids is 1. The summed E-state index contributed by atoms with van der Waals surface area (Å²) in [6.45, 7) is -0.00459.